The Bertz CT molecular complexity index is 599. The highest BCUT2D eigenvalue weighted by Gasteiger charge is 2.35. The van der Waals surface area contributed by atoms with Gasteiger partial charge in [0.15, 0.2) is 11.5 Å². The fraction of sp³-hybridized carbons (Fsp3) is 0.529. The van der Waals surface area contributed by atoms with Crippen molar-refractivity contribution in [2.75, 3.05) is 27.3 Å². The summed E-state index contributed by atoms with van der Waals surface area (Å²) < 4.78 is 10.5. The topological polar surface area (TPSA) is 88.1 Å². The molecular formula is C17H24N2O5. The zero-order chi connectivity index (χ0) is 17.7. The molecular weight excluding hydrogens is 312 g/mol. The first-order valence-electron chi connectivity index (χ1n) is 7.97. The molecule has 1 amide bonds. The second-order valence-electron chi connectivity index (χ2n) is 5.79. The van der Waals surface area contributed by atoms with Gasteiger partial charge in [-0.1, -0.05) is 13.0 Å². The number of methoxy groups -OCH3 is 2. The van der Waals surface area contributed by atoms with Crippen molar-refractivity contribution in [2.24, 2.45) is 0 Å². The third-order valence-corrected chi connectivity index (χ3v) is 4.36. The molecule has 1 fully saturated rings. The lowest BCUT2D eigenvalue weighted by molar-refractivity contribution is -0.139. The number of hydrogen-bond acceptors (Lipinski definition) is 5. The summed E-state index contributed by atoms with van der Waals surface area (Å²) in [6.07, 6.45) is 1.50. The van der Waals surface area contributed by atoms with Crippen molar-refractivity contribution in [2.45, 2.75) is 31.8 Å². The molecule has 0 radical (unpaired) electrons. The fourth-order valence-corrected chi connectivity index (χ4v) is 3.01. The van der Waals surface area contributed by atoms with E-state index in [1.54, 1.807) is 18.2 Å². The molecule has 24 heavy (non-hydrogen) atoms. The fourth-order valence-electron chi connectivity index (χ4n) is 3.01. The average Bonchev–Trinajstić information content (AvgIpc) is 2.54. The van der Waals surface area contributed by atoms with Crippen molar-refractivity contribution in [3.05, 3.63) is 23.8 Å². The maximum Gasteiger partial charge on any atom is 0.317 e. The van der Waals surface area contributed by atoms with Crippen LogP contribution < -0.4 is 14.8 Å². The number of carbonyl (C=O) groups is 2. The minimum Gasteiger partial charge on any atom is -0.493 e. The van der Waals surface area contributed by atoms with E-state index in [2.05, 4.69) is 5.32 Å². The number of carboxylic acid groups (broad SMARTS) is 1. The maximum absolute atomic E-state index is 12.5. The predicted molar refractivity (Wildman–Crippen MR) is 88.7 cm³/mol. The van der Waals surface area contributed by atoms with Gasteiger partial charge in [-0.3, -0.25) is 14.5 Å². The highest BCUT2D eigenvalue weighted by molar-refractivity contribution is 5.98. The van der Waals surface area contributed by atoms with Gasteiger partial charge < -0.3 is 19.9 Å². The van der Waals surface area contributed by atoms with Gasteiger partial charge in [0.25, 0.3) is 5.91 Å². The van der Waals surface area contributed by atoms with Gasteiger partial charge in [0.2, 0.25) is 0 Å². The van der Waals surface area contributed by atoms with Crippen molar-refractivity contribution < 1.29 is 24.2 Å². The van der Waals surface area contributed by atoms with Crippen LogP contribution >= 0.6 is 0 Å². The molecule has 1 aromatic carbocycles. The molecule has 0 atom stereocenters. The zero-order valence-electron chi connectivity index (χ0n) is 14.2. The molecule has 0 aliphatic heterocycles. The van der Waals surface area contributed by atoms with E-state index in [9.17, 15) is 9.59 Å². The van der Waals surface area contributed by atoms with Gasteiger partial charge in [-0.15, -0.1) is 0 Å². The third kappa shape index (κ3) is 3.97. The van der Waals surface area contributed by atoms with Crippen LogP contribution in [0.2, 0.25) is 0 Å². The number of ether oxygens (including phenoxy) is 2. The quantitative estimate of drug-likeness (QED) is 0.745. The molecule has 0 aromatic heterocycles. The van der Waals surface area contributed by atoms with E-state index in [1.165, 1.54) is 14.2 Å². The standard InChI is InChI=1S/C17H24N2O5/c1-4-19(10-15(20)21)12-8-11(9-12)18-17(22)13-6-5-7-14(23-2)16(13)24-3/h5-7,11-12H,4,8-10H2,1-3H3,(H,18,22)(H,20,21). The molecule has 132 valence electrons. The summed E-state index contributed by atoms with van der Waals surface area (Å²) in [5.74, 6) is -0.120. The smallest absolute Gasteiger partial charge is 0.317 e. The molecule has 0 unspecified atom stereocenters. The summed E-state index contributed by atoms with van der Waals surface area (Å²) in [6, 6.07) is 5.41. The Hall–Kier alpha value is -2.28. The van der Waals surface area contributed by atoms with Crippen LogP contribution in [0.5, 0.6) is 11.5 Å². The van der Waals surface area contributed by atoms with Crippen molar-refractivity contribution in [1.29, 1.82) is 0 Å². The van der Waals surface area contributed by atoms with Crippen LogP contribution in [0, 0.1) is 0 Å². The number of nitrogens with zero attached hydrogens (tertiary/aromatic N) is 1. The normalized spacial score (nSPS) is 19.5. The summed E-state index contributed by atoms with van der Waals surface area (Å²) in [7, 11) is 3.02. The number of carbonyl (C=O) groups excluding carboxylic acids is 1. The van der Waals surface area contributed by atoms with Gasteiger partial charge in [0.1, 0.15) is 0 Å². The van der Waals surface area contributed by atoms with E-state index in [-0.39, 0.29) is 24.5 Å². The van der Waals surface area contributed by atoms with Gasteiger partial charge in [0, 0.05) is 12.1 Å². The zero-order valence-corrected chi connectivity index (χ0v) is 14.2. The number of amides is 1. The first kappa shape index (κ1) is 18.1. The third-order valence-electron chi connectivity index (χ3n) is 4.36. The number of hydrogen-bond donors (Lipinski definition) is 2. The maximum atomic E-state index is 12.5. The molecule has 0 saturated heterocycles. The van der Waals surface area contributed by atoms with Crippen LogP contribution in [-0.2, 0) is 4.79 Å². The molecule has 7 heteroatoms. The second kappa shape index (κ2) is 8.01. The van der Waals surface area contributed by atoms with Gasteiger partial charge in [-0.2, -0.15) is 0 Å². The van der Waals surface area contributed by atoms with Crippen LogP contribution in [-0.4, -0.2) is 61.3 Å². The van der Waals surface area contributed by atoms with Gasteiger partial charge in [0.05, 0.1) is 26.3 Å². The molecule has 1 aliphatic carbocycles. The molecule has 1 aromatic rings. The van der Waals surface area contributed by atoms with Gasteiger partial charge in [-0.25, -0.2) is 0 Å². The molecule has 1 aliphatic rings. The van der Waals surface area contributed by atoms with Crippen molar-refractivity contribution in [1.82, 2.24) is 10.2 Å². The molecule has 0 bridgehead atoms. The van der Waals surface area contributed by atoms with E-state index >= 15 is 0 Å². The lowest BCUT2D eigenvalue weighted by Gasteiger charge is -2.42. The Morgan fingerprint density at radius 1 is 1.29 bits per heavy atom. The van der Waals surface area contributed by atoms with Gasteiger partial charge >= 0.3 is 5.97 Å². The van der Waals surface area contributed by atoms with Crippen LogP contribution in [0.4, 0.5) is 0 Å². The molecule has 1 saturated carbocycles. The number of likely N-dealkylation sites (N-methyl/N-ethyl adjacent to an activating group) is 1. The van der Waals surface area contributed by atoms with Crippen molar-refractivity contribution in [3.8, 4) is 11.5 Å². The first-order valence-corrected chi connectivity index (χ1v) is 7.97. The lowest BCUT2D eigenvalue weighted by atomic mass is 9.85. The van der Waals surface area contributed by atoms with Crippen LogP contribution in [0.3, 0.4) is 0 Å². The summed E-state index contributed by atoms with van der Waals surface area (Å²) in [4.78, 5) is 25.2. The Labute approximate surface area is 141 Å². The summed E-state index contributed by atoms with van der Waals surface area (Å²) in [5.41, 5.74) is 0.429. The Balaban J connectivity index is 1.95. The summed E-state index contributed by atoms with van der Waals surface area (Å²) >= 11 is 0. The summed E-state index contributed by atoms with van der Waals surface area (Å²) in [5, 5.41) is 11.9. The van der Waals surface area contributed by atoms with E-state index in [0.717, 1.165) is 12.8 Å². The largest absolute Gasteiger partial charge is 0.493 e. The van der Waals surface area contributed by atoms with E-state index in [0.29, 0.717) is 23.6 Å². The van der Waals surface area contributed by atoms with Gasteiger partial charge in [-0.05, 0) is 31.5 Å². The van der Waals surface area contributed by atoms with Crippen LogP contribution in [0.1, 0.15) is 30.1 Å². The Morgan fingerprint density at radius 2 is 2.00 bits per heavy atom. The number of carboxylic acids is 1. The highest BCUT2D eigenvalue weighted by atomic mass is 16.5. The number of para-hydroxylation sites is 1. The van der Waals surface area contributed by atoms with E-state index in [1.807, 2.05) is 11.8 Å². The monoisotopic (exact) mass is 336 g/mol. The van der Waals surface area contributed by atoms with Crippen LogP contribution in [0.25, 0.3) is 0 Å². The summed E-state index contributed by atoms with van der Waals surface area (Å²) in [6.45, 7) is 2.66. The van der Waals surface area contributed by atoms with Crippen molar-refractivity contribution in [3.63, 3.8) is 0 Å². The minimum atomic E-state index is -0.828. The van der Waals surface area contributed by atoms with E-state index in [4.69, 9.17) is 14.6 Å². The van der Waals surface area contributed by atoms with E-state index < -0.39 is 5.97 Å². The lowest BCUT2D eigenvalue weighted by Crippen LogP contribution is -2.54. The molecule has 2 N–H and O–H groups in total. The number of nitrogens with one attached hydrogen (secondary N) is 1. The Morgan fingerprint density at radius 3 is 2.54 bits per heavy atom. The number of aliphatic carboxylic acids is 1. The number of rotatable bonds is 8. The molecule has 7 nitrogen and oxygen atoms in total. The predicted octanol–water partition coefficient (Wildman–Crippen LogP) is 1.37. The molecule has 2 rings (SSSR count). The van der Waals surface area contributed by atoms with Crippen LogP contribution in [0.15, 0.2) is 18.2 Å². The average molecular weight is 336 g/mol. The van der Waals surface area contributed by atoms with Crippen molar-refractivity contribution >= 4 is 11.9 Å². The molecule has 0 spiro atoms. The number of benzene rings is 1. The Kier molecular flexibility index (Phi) is 6.03. The minimum absolute atomic E-state index is 0.0333. The highest BCUT2D eigenvalue weighted by Crippen LogP contribution is 2.31. The first-order chi connectivity index (χ1) is 11.5. The SMILES string of the molecule is CCN(CC(=O)O)C1CC(NC(=O)c2cccc(OC)c2OC)C1. The second-order valence-corrected chi connectivity index (χ2v) is 5.79. The molecule has 0 heterocycles.